The molecular formula is C19H21NO4S. The summed E-state index contributed by atoms with van der Waals surface area (Å²) < 4.78 is 11.3. The van der Waals surface area contributed by atoms with Crippen molar-refractivity contribution >= 4 is 17.7 Å². The van der Waals surface area contributed by atoms with E-state index in [0.717, 1.165) is 11.1 Å². The lowest BCUT2D eigenvalue weighted by atomic mass is 10.1. The van der Waals surface area contributed by atoms with Gasteiger partial charge in [0, 0.05) is 5.56 Å². The highest BCUT2D eigenvalue weighted by atomic mass is 32.2. The fraction of sp³-hybridized carbons (Fsp3) is 0.316. The summed E-state index contributed by atoms with van der Waals surface area (Å²) in [6.45, 7) is 2.52. The number of carbonyl (C=O) groups is 1. The van der Waals surface area contributed by atoms with E-state index in [-0.39, 0.29) is 5.37 Å². The number of hydrogen-bond donors (Lipinski definition) is 1. The van der Waals surface area contributed by atoms with Crippen molar-refractivity contribution in [1.82, 2.24) is 0 Å². The van der Waals surface area contributed by atoms with E-state index in [1.54, 1.807) is 18.9 Å². The van der Waals surface area contributed by atoms with Crippen LogP contribution in [0.5, 0.6) is 11.5 Å². The normalized spacial score (nSPS) is 19.6. The Bertz CT molecular complexity index is 748. The lowest BCUT2D eigenvalue weighted by Crippen LogP contribution is -2.90. The maximum Gasteiger partial charge on any atom is 0.161 e. The van der Waals surface area contributed by atoms with Crippen molar-refractivity contribution < 1.29 is 24.7 Å². The zero-order chi connectivity index (χ0) is 17.8. The van der Waals surface area contributed by atoms with Crippen LogP contribution >= 0.6 is 11.8 Å². The van der Waals surface area contributed by atoms with Gasteiger partial charge in [0.15, 0.2) is 16.9 Å². The van der Waals surface area contributed by atoms with Gasteiger partial charge in [-0.15, -0.1) is 0 Å². The van der Waals surface area contributed by atoms with Gasteiger partial charge >= 0.3 is 0 Å². The van der Waals surface area contributed by atoms with Crippen LogP contribution in [0.4, 0.5) is 0 Å². The van der Waals surface area contributed by atoms with Gasteiger partial charge in [-0.05, 0) is 30.7 Å². The highest BCUT2D eigenvalue weighted by Crippen LogP contribution is 2.34. The van der Waals surface area contributed by atoms with Gasteiger partial charge in [-0.25, -0.2) is 0 Å². The van der Waals surface area contributed by atoms with E-state index in [1.165, 1.54) is 5.56 Å². The molecule has 2 N–H and O–H groups in total. The van der Waals surface area contributed by atoms with Crippen LogP contribution in [0, 0.1) is 6.92 Å². The predicted molar refractivity (Wildman–Crippen MR) is 94.4 cm³/mol. The van der Waals surface area contributed by atoms with Crippen molar-refractivity contribution in [3.63, 3.8) is 0 Å². The van der Waals surface area contributed by atoms with Crippen LogP contribution in [0.25, 0.3) is 0 Å². The van der Waals surface area contributed by atoms with Crippen molar-refractivity contribution in [2.75, 3.05) is 12.9 Å². The SMILES string of the molecule is COc1cc([C@H]2[NH2+][C@@H](C(=O)[O-])CS2)ccc1OCc1ccc(C)cc1. The first-order chi connectivity index (χ1) is 12.1. The Kier molecular flexibility index (Phi) is 5.50. The van der Waals surface area contributed by atoms with Crippen molar-refractivity contribution in [3.05, 3.63) is 59.2 Å². The van der Waals surface area contributed by atoms with Crippen molar-refractivity contribution in [2.24, 2.45) is 0 Å². The molecule has 1 aliphatic rings. The molecule has 1 saturated heterocycles. The molecule has 2 atom stereocenters. The number of carbonyl (C=O) groups excluding carboxylic acids is 1. The third-order valence-corrected chi connectivity index (χ3v) is 5.54. The van der Waals surface area contributed by atoms with Gasteiger partial charge in [-0.2, -0.15) is 0 Å². The number of methoxy groups -OCH3 is 1. The highest BCUT2D eigenvalue weighted by molar-refractivity contribution is 7.99. The molecular weight excluding hydrogens is 338 g/mol. The molecule has 1 heterocycles. The second kappa shape index (κ2) is 7.80. The average molecular weight is 359 g/mol. The number of ether oxygens (including phenoxy) is 2. The summed E-state index contributed by atoms with van der Waals surface area (Å²) in [6.07, 6.45) is 0. The molecule has 1 fully saturated rings. The van der Waals surface area contributed by atoms with E-state index in [2.05, 4.69) is 19.1 Å². The molecule has 25 heavy (non-hydrogen) atoms. The number of hydrogen-bond acceptors (Lipinski definition) is 5. The van der Waals surface area contributed by atoms with Gasteiger partial charge in [-0.3, -0.25) is 0 Å². The Morgan fingerprint density at radius 1 is 1.24 bits per heavy atom. The van der Waals surface area contributed by atoms with Gasteiger partial charge in [0.1, 0.15) is 18.6 Å². The first-order valence-electron chi connectivity index (χ1n) is 8.10. The second-order valence-corrected chi connectivity index (χ2v) is 7.23. The lowest BCUT2D eigenvalue weighted by Gasteiger charge is -2.15. The third kappa shape index (κ3) is 4.27. The van der Waals surface area contributed by atoms with E-state index in [4.69, 9.17) is 9.47 Å². The highest BCUT2D eigenvalue weighted by Gasteiger charge is 2.31. The predicted octanol–water partition coefficient (Wildman–Crippen LogP) is 1.01. The molecule has 5 nitrogen and oxygen atoms in total. The summed E-state index contributed by atoms with van der Waals surface area (Å²) in [4.78, 5) is 11.0. The summed E-state index contributed by atoms with van der Waals surface area (Å²) in [5, 5.41) is 12.8. The molecule has 2 aromatic carbocycles. The number of aryl methyl sites for hydroxylation is 1. The molecule has 0 aliphatic carbocycles. The maximum atomic E-state index is 11.0. The van der Waals surface area contributed by atoms with Crippen LogP contribution in [-0.4, -0.2) is 24.9 Å². The molecule has 2 aromatic rings. The molecule has 6 heteroatoms. The van der Waals surface area contributed by atoms with Crippen LogP contribution in [0.2, 0.25) is 0 Å². The number of carboxylic acid groups (broad SMARTS) is 1. The molecule has 0 spiro atoms. The number of nitrogens with two attached hydrogens (primary N) is 1. The zero-order valence-electron chi connectivity index (χ0n) is 14.2. The van der Waals surface area contributed by atoms with Gasteiger partial charge < -0.3 is 24.7 Å². The van der Waals surface area contributed by atoms with E-state index in [0.29, 0.717) is 23.9 Å². The molecule has 0 amide bonds. The summed E-state index contributed by atoms with van der Waals surface area (Å²) in [6, 6.07) is 13.4. The molecule has 0 saturated carbocycles. The van der Waals surface area contributed by atoms with E-state index < -0.39 is 12.0 Å². The van der Waals surface area contributed by atoms with E-state index >= 15 is 0 Å². The first-order valence-corrected chi connectivity index (χ1v) is 9.15. The molecule has 0 bridgehead atoms. The molecule has 0 unspecified atom stereocenters. The van der Waals surface area contributed by atoms with Crippen molar-refractivity contribution in [3.8, 4) is 11.5 Å². The van der Waals surface area contributed by atoms with Crippen LogP contribution < -0.4 is 19.9 Å². The van der Waals surface area contributed by atoms with E-state index in [9.17, 15) is 9.90 Å². The molecule has 132 valence electrons. The minimum absolute atomic E-state index is 0.0305. The number of aliphatic carboxylic acids is 1. The van der Waals surface area contributed by atoms with Gasteiger partial charge in [0.2, 0.25) is 0 Å². The number of rotatable bonds is 6. The van der Waals surface area contributed by atoms with Gasteiger partial charge in [-0.1, -0.05) is 41.6 Å². The van der Waals surface area contributed by atoms with Crippen molar-refractivity contribution in [1.29, 1.82) is 0 Å². The number of thioether (sulfide) groups is 1. The van der Waals surface area contributed by atoms with Crippen LogP contribution in [0.1, 0.15) is 22.1 Å². The summed E-state index contributed by atoms with van der Waals surface area (Å²) in [7, 11) is 1.60. The number of quaternary nitrogens is 1. The Morgan fingerprint density at radius 2 is 2.00 bits per heavy atom. The molecule has 3 rings (SSSR count). The Labute approximate surface area is 151 Å². The monoisotopic (exact) mass is 359 g/mol. The quantitative estimate of drug-likeness (QED) is 0.833. The Hall–Kier alpha value is -2.18. The summed E-state index contributed by atoms with van der Waals surface area (Å²) in [5.74, 6) is 0.850. The van der Waals surface area contributed by atoms with Crippen molar-refractivity contribution in [2.45, 2.75) is 24.9 Å². The topological polar surface area (TPSA) is 75.2 Å². The first kappa shape index (κ1) is 17.6. The second-order valence-electron chi connectivity index (χ2n) is 6.06. The lowest BCUT2D eigenvalue weighted by molar-refractivity contribution is -0.690. The number of carboxylic acids is 1. The maximum absolute atomic E-state index is 11.0. The summed E-state index contributed by atoms with van der Waals surface area (Å²) >= 11 is 1.60. The minimum atomic E-state index is -1.01. The largest absolute Gasteiger partial charge is 0.544 e. The van der Waals surface area contributed by atoms with Gasteiger partial charge in [0.25, 0.3) is 0 Å². The fourth-order valence-electron chi connectivity index (χ4n) is 2.71. The number of benzene rings is 2. The molecule has 0 aromatic heterocycles. The fourth-order valence-corrected chi connectivity index (χ4v) is 4.01. The van der Waals surface area contributed by atoms with E-state index in [1.807, 2.05) is 35.6 Å². The zero-order valence-corrected chi connectivity index (χ0v) is 15.0. The molecule has 1 aliphatic heterocycles. The van der Waals surface area contributed by atoms with Gasteiger partial charge in [0.05, 0.1) is 12.9 Å². The smallest absolute Gasteiger partial charge is 0.161 e. The summed E-state index contributed by atoms with van der Waals surface area (Å²) in [5.41, 5.74) is 3.31. The van der Waals surface area contributed by atoms with Crippen LogP contribution in [0.3, 0.4) is 0 Å². The Balaban J connectivity index is 1.69. The third-order valence-electron chi connectivity index (χ3n) is 4.20. The standard InChI is InChI=1S/C19H21NO4S/c1-12-3-5-13(6-4-12)10-24-16-8-7-14(9-17(16)23-2)18-20-15(11-25-18)19(21)22/h3-9,15,18,20H,10-11H2,1-2H3,(H,21,22)/t15-,18+/m1/s1. The van der Waals surface area contributed by atoms with Crippen LogP contribution in [-0.2, 0) is 11.4 Å². The average Bonchev–Trinajstić information content (AvgIpc) is 3.11. The van der Waals surface area contributed by atoms with Crippen LogP contribution in [0.15, 0.2) is 42.5 Å². The minimum Gasteiger partial charge on any atom is -0.544 e. The molecule has 0 radical (unpaired) electrons. The Morgan fingerprint density at radius 3 is 2.64 bits per heavy atom.